The Balaban J connectivity index is 2.40. The third-order valence-electron chi connectivity index (χ3n) is 2.23. The molecule has 0 amide bonds. The minimum atomic E-state index is -0.266. The Labute approximate surface area is 95.1 Å². The highest BCUT2D eigenvalue weighted by Crippen LogP contribution is 2.13. The maximum atomic E-state index is 13.3. The SMILES string of the molecule is CN(CCCCCCl)c1ncccc1F. The highest BCUT2D eigenvalue weighted by atomic mass is 35.5. The summed E-state index contributed by atoms with van der Waals surface area (Å²) in [5.41, 5.74) is 0. The van der Waals surface area contributed by atoms with Gasteiger partial charge >= 0.3 is 0 Å². The molecule has 0 radical (unpaired) electrons. The average Bonchev–Trinajstić information content (AvgIpc) is 2.25. The molecule has 0 unspecified atom stereocenters. The summed E-state index contributed by atoms with van der Waals surface area (Å²) in [4.78, 5) is 5.84. The summed E-state index contributed by atoms with van der Waals surface area (Å²) in [5, 5.41) is 0. The number of aromatic nitrogens is 1. The summed E-state index contributed by atoms with van der Waals surface area (Å²) < 4.78 is 13.3. The lowest BCUT2D eigenvalue weighted by atomic mass is 10.2. The average molecular weight is 231 g/mol. The van der Waals surface area contributed by atoms with E-state index in [9.17, 15) is 4.39 Å². The van der Waals surface area contributed by atoms with E-state index in [2.05, 4.69) is 4.98 Å². The van der Waals surface area contributed by atoms with Crippen molar-refractivity contribution in [3.63, 3.8) is 0 Å². The maximum absolute atomic E-state index is 13.3. The number of hydrogen-bond donors (Lipinski definition) is 0. The monoisotopic (exact) mass is 230 g/mol. The Hall–Kier alpha value is -0.830. The Morgan fingerprint density at radius 2 is 2.20 bits per heavy atom. The van der Waals surface area contributed by atoms with Gasteiger partial charge in [0.15, 0.2) is 11.6 Å². The Bertz CT molecular complexity index is 294. The van der Waals surface area contributed by atoms with Crippen molar-refractivity contribution in [2.75, 3.05) is 24.4 Å². The third-order valence-corrected chi connectivity index (χ3v) is 2.50. The molecule has 0 fully saturated rings. The fourth-order valence-corrected chi connectivity index (χ4v) is 1.57. The van der Waals surface area contributed by atoms with Crippen LogP contribution < -0.4 is 4.90 Å². The number of halogens is 2. The van der Waals surface area contributed by atoms with Crippen LogP contribution in [-0.4, -0.2) is 24.5 Å². The second-order valence-corrected chi connectivity index (χ2v) is 3.86. The number of alkyl halides is 1. The van der Waals surface area contributed by atoms with Crippen molar-refractivity contribution >= 4 is 17.4 Å². The first-order valence-electron chi connectivity index (χ1n) is 5.13. The highest BCUT2D eigenvalue weighted by Gasteiger charge is 2.06. The van der Waals surface area contributed by atoms with Crippen LogP contribution in [0.1, 0.15) is 19.3 Å². The summed E-state index contributed by atoms with van der Waals surface area (Å²) in [6, 6.07) is 3.03. The normalized spacial score (nSPS) is 10.3. The standard InChI is InChI=1S/C11H16ClFN2/c1-15(9-4-2-3-7-12)11-10(13)6-5-8-14-11/h5-6,8H,2-4,7,9H2,1H3. The Morgan fingerprint density at radius 1 is 1.40 bits per heavy atom. The molecule has 0 bridgehead atoms. The van der Waals surface area contributed by atoms with Gasteiger partial charge in [0, 0.05) is 25.7 Å². The van der Waals surface area contributed by atoms with Crippen molar-refractivity contribution < 1.29 is 4.39 Å². The van der Waals surface area contributed by atoms with E-state index in [0.717, 1.165) is 25.8 Å². The molecule has 0 aliphatic rings. The summed E-state index contributed by atoms with van der Waals surface area (Å²) in [6.45, 7) is 0.810. The zero-order chi connectivity index (χ0) is 11.1. The summed E-state index contributed by atoms with van der Waals surface area (Å²) in [7, 11) is 1.85. The van der Waals surface area contributed by atoms with Gasteiger partial charge in [0.2, 0.25) is 0 Å². The van der Waals surface area contributed by atoms with E-state index < -0.39 is 0 Å². The third kappa shape index (κ3) is 4.04. The lowest BCUT2D eigenvalue weighted by Crippen LogP contribution is -2.20. The molecular formula is C11H16ClFN2. The molecule has 0 spiro atoms. The van der Waals surface area contributed by atoms with Crippen LogP contribution in [0.15, 0.2) is 18.3 Å². The van der Waals surface area contributed by atoms with Crippen LogP contribution in [0.4, 0.5) is 10.2 Å². The first kappa shape index (κ1) is 12.2. The van der Waals surface area contributed by atoms with Gasteiger partial charge in [-0.25, -0.2) is 9.37 Å². The van der Waals surface area contributed by atoms with Crippen molar-refractivity contribution in [3.05, 3.63) is 24.1 Å². The second-order valence-electron chi connectivity index (χ2n) is 3.48. The minimum Gasteiger partial charge on any atom is -0.357 e. The van der Waals surface area contributed by atoms with Gasteiger partial charge in [0.1, 0.15) is 0 Å². The zero-order valence-corrected chi connectivity index (χ0v) is 9.67. The van der Waals surface area contributed by atoms with Crippen molar-refractivity contribution in [2.45, 2.75) is 19.3 Å². The lowest BCUT2D eigenvalue weighted by molar-refractivity contribution is 0.609. The van der Waals surface area contributed by atoms with E-state index in [0.29, 0.717) is 11.7 Å². The summed E-state index contributed by atoms with van der Waals surface area (Å²) in [6.07, 6.45) is 4.70. The van der Waals surface area contributed by atoms with Crippen LogP contribution in [0.3, 0.4) is 0 Å². The number of unbranched alkanes of at least 4 members (excludes halogenated alkanes) is 2. The molecule has 1 aromatic rings. The number of anilines is 1. The summed E-state index contributed by atoms with van der Waals surface area (Å²) in [5.74, 6) is 0.850. The maximum Gasteiger partial charge on any atom is 0.165 e. The van der Waals surface area contributed by atoms with Crippen molar-refractivity contribution in [1.82, 2.24) is 4.98 Å². The summed E-state index contributed by atoms with van der Waals surface area (Å²) >= 11 is 5.57. The second kappa shape index (κ2) is 6.62. The molecular weight excluding hydrogens is 215 g/mol. The highest BCUT2D eigenvalue weighted by molar-refractivity contribution is 6.17. The molecule has 15 heavy (non-hydrogen) atoms. The topological polar surface area (TPSA) is 16.1 Å². The molecule has 0 atom stereocenters. The molecule has 2 nitrogen and oxygen atoms in total. The van der Waals surface area contributed by atoms with Gasteiger partial charge < -0.3 is 4.90 Å². The Morgan fingerprint density at radius 3 is 2.87 bits per heavy atom. The largest absolute Gasteiger partial charge is 0.357 e. The van der Waals surface area contributed by atoms with E-state index in [1.165, 1.54) is 6.07 Å². The molecule has 0 aliphatic heterocycles. The van der Waals surface area contributed by atoms with E-state index in [4.69, 9.17) is 11.6 Å². The van der Waals surface area contributed by atoms with Crippen molar-refractivity contribution in [2.24, 2.45) is 0 Å². The van der Waals surface area contributed by atoms with Gasteiger partial charge in [-0.15, -0.1) is 11.6 Å². The van der Waals surface area contributed by atoms with E-state index in [1.807, 2.05) is 11.9 Å². The smallest absolute Gasteiger partial charge is 0.165 e. The van der Waals surface area contributed by atoms with Gasteiger partial charge in [-0.3, -0.25) is 0 Å². The van der Waals surface area contributed by atoms with E-state index in [1.54, 1.807) is 12.3 Å². The quantitative estimate of drug-likeness (QED) is 0.552. The molecule has 0 N–H and O–H groups in total. The zero-order valence-electron chi connectivity index (χ0n) is 8.92. The lowest BCUT2D eigenvalue weighted by Gasteiger charge is -2.18. The van der Waals surface area contributed by atoms with Crippen molar-refractivity contribution in [3.8, 4) is 0 Å². The van der Waals surface area contributed by atoms with Crippen LogP contribution in [0.25, 0.3) is 0 Å². The van der Waals surface area contributed by atoms with Crippen LogP contribution >= 0.6 is 11.6 Å². The van der Waals surface area contributed by atoms with Gasteiger partial charge in [0.25, 0.3) is 0 Å². The van der Waals surface area contributed by atoms with Crippen LogP contribution in [0.2, 0.25) is 0 Å². The van der Waals surface area contributed by atoms with Crippen LogP contribution in [0, 0.1) is 5.82 Å². The van der Waals surface area contributed by atoms with Crippen LogP contribution in [-0.2, 0) is 0 Å². The van der Waals surface area contributed by atoms with Gasteiger partial charge in [-0.1, -0.05) is 6.42 Å². The predicted molar refractivity (Wildman–Crippen MR) is 62.0 cm³/mol. The molecule has 84 valence electrons. The first-order valence-corrected chi connectivity index (χ1v) is 5.66. The first-order chi connectivity index (χ1) is 7.25. The molecule has 1 aromatic heterocycles. The number of hydrogen-bond acceptors (Lipinski definition) is 2. The predicted octanol–water partition coefficient (Wildman–Crippen LogP) is 3.07. The fraction of sp³-hybridized carbons (Fsp3) is 0.545. The van der Waals surface area contributed by atoms with Gasteiger partial charge in [-0.05, 0) is 25.0 Å². The molecule has 0 aliphatic carbocycles. The molecule has 1 rings (SSSR count). The van der Waals surface area contributed by atoms with Crippen molar-refractivity contribution in [1.29, 1.82) is 0 Å². The number of rotatable bonds is 6. The molecule has 4 heteroatoms. The molecule has 1 heterocycles. The number of nitrogens with zero attached hydrogens (tertiary/aromatic N) is 2. The van der Waals surface area contributed by atoms with Crippen LogP contribution in [0.5, 0.6) is 0 Å². The number of pyridine rings is 1. The van der Waals surface area contributed by atoms with E-state index >= 15 is 0 Å². The van der Waals surface area contributed by atoms with Gasteiger partial charge in [-0.2, -0.15) is 0 Å². The Kier molecular flexibility index (Phi) is 5.40. The molecule has 0 saturated heterocycles. The fourth-order valence-electron chi connectivity index (χ4n) is 1.38. The molecule has 0 aromatic carbocycles. The molecule has 0 saturated carbocycles. The van der Waals surface area contributed by atoms with E-state index in [-0.39, 0.29) is 5.82 Å². The minimum absolute atomic E-state index is 0.266. The van der Waals surface area contributed by atoms with Gasteiger partial charge in [0.05, 0.1) is 0 Å².